The molecule has 76 valence electrons. The Balaban J connectivity index is 3.25. The van der Waals surface area contributed by atoms with Crippen molar-refractivity contribution in [3.8, 4) is 0 Å². The summed E-state index contributed by atoms with van der Waals surface area (Å²) in [5, 5.41) is 8.42. The molecule has 0 aromatic rings. The fraction of sp³-hybridized carbons (Fsp3) is 0.778. The molecule has 0 aliphatic rings. The van der Waals surface area contributed by atoms with E-state index in [4.69, 9.17) is 9.84 Å². The van der Waals surface area contributed by atoms with Crippen LogP contribution in [0.5, 0.6) is 0 Å². The number of hydrogen-bond donors (Lipinski definition) is 1. The quantitative estimate of drug-likeness (QED) is 0.471. The van der Waals surface area contributed by atoms with Crippen molar-refractivity contribution in [3.63, 3.8) is 0 Å². The third kappa shape index (κ3) is 9.01. The van der Waals surface area contributed by atoms with Gasteiger partial charge in [0, 0.05) is 13.0 Å². The standard InChI is InChI=1S/C9H16O4/c1-8(11)4-5-9(12)13-7-3-2-6-10/h10H,2-7H2,1H3. The first kappa shape index (κ1) is 12.1. The number of Topliss-reactive ketones (excluding diaryl/α,β-unsaturated/α-hetero) is 1. The van der Waals surface area contributed by atoms with Crippen molar-refractivity contribution in [1.29, 1.82) is 0 Å². The van der Waals surface area contributed by atoms with E-state index in [0.717, 1.165) is 0 Å². The molecule has 0 atom stereocenters. The van der Waals surface area contributed by atoms with Gasteiger partial charge in [0.2, 0.25) is 0 Å². The fourth-order valence-electron chi connectivity index (χ4n) is 0.750. The van der Waals surface area contributed by atoms with Gasteiger partial charge in [0.1, 0.15) is 5.78 Å². The minimum absolute atomic E-state index is 0.00712. The van der Waals surface area contributed by atoms with E-state index in [0.29, 0.717) is 19.4 Å². The summed E-state index contributed by atoms with van der Waals surface area (Å²) < 4.78 is 4.79. The molecule has 0 saturated heterocycles. The summed E-state index contributed by atoms with van der Waals surface area (Å²) in [7, 11) is 0. The van der Waals surface area contributed by atoms with Crippen LogP contribution in [0.25, 0.3) is 0 Å². The molecule has 0 aromatic heterocycles. The Bertz CT molecular complexity index is 165. The van der Waals surface area contributed by atoms with E-state index in [1.807, 2.05) is 0 Å². The molecule has 0 aliphatic carbocycles. The second-order valence-electron chi connectivity index (χ2n) is 2.85. The number of ketones is 1. The Morgan fingerprint density at radius 1 is 1.23 bits per heavy atom. The van der Waals surface area contributed by atoms with Gasteiger partial charge in [-0.05, 0) is 19.8 Å². The Morgan fingerprint density at radius 3 is 2.46 bits per heavy atom. The van der Waals surface area contributed by atoms with E-state index < -0.39 is 0 Å². The number of hydrogen-bond acceptors (Lipinski definition) is 4. The molecule has 0 spiro atoms. The van der Waals surface area contributed by atoms with Gasteiger partial charge in [-0.25, -0.2) is 0 Å². The zero-order valence-electron chi connectivity index (χ0n) is 7.91. The summed E-state index contributed by atoms with van der Waals surface area (Å²) in [5.41, 5.74) is 0. The molecule has 4 nitrogen and oxygen atoms in total. The highest BCUT2D eigenvalue weighted by Gasteiger charge is 2.03. The number of esters is 1. The van der Waals surface area contributed by atoms with Crippen molar-refractivity contribution < 1.29 is 19.4 Å². The molecular weight excluding hydrogens is 172 g/mol. The zero-order valence-corrected chi connectivity index (χ0v) is 7.91. The number of carbonyl (C=O) groups is 2. The zero-order chi connectivity index (χ0) is 10.1. The molecule has 13 heavy (non-hydrogen) atoms. The van der Waals surface area contributed by atoms with Crippen molar-refractivity contribution in [2.45, 2.75) is 32.6 Å². The van der Waals surface area contributed by atoms with Crippen molar-refractivity contribution in [3.05, 3.63) is 0 Å². The first-order chi connectivity index (χ1) is 6.16. The lowest BCUT2D eigenvalue weighted by Crippen LogP contribution is -2.07. The molecule has 1 N–H and O–H groups in total. The monoisotopic (exact) mass is 188 g/mol. The minimum atomic E-state index is -0.340. The molecular formula is C9H16O4. The van der Waals surface area contributed by atoms with Gasteiger partial charge in [-0.2, -0.15) is 0 Å². The SMILES string of the molecule is CC(=O)CCC(=O)OCCCCO. The van der Waals surface area contributed by atoms with Crippen LogP contribution in [0.15, 0.2) is 0 Å². The Hall–Kier alpha value is -0.900. The van der Waals surface area contributed by atoms with E-state index in [2.05, 4.69) is 0 Å². The van der Waals surface area contributed by atoms with E-state index in [1.54, 1.807) is 0 Å². The predicted octanol–water partition coefficient (Wildman–Crippen LogP) is 0.671. The van der Waals surface area contributed by atoms with Crippen molar-refractivity contribution in [1.82, 2.24) is 0 Å². The van der Waals surface area contributed by atoms with E-state index in [1.165, 1.54) is 6.92 Å². The highest BCUT2D eigenvalue weighted by Crippen LogP contribution is 1.96. The lowest BCUT2D eigenvalue weighted by Gasteiger charge is -2.02. The number of rotatable bonds is 7. The van der Waals surface area contributed by atoms with Crippen molar-refractivity contribution >= 4 is 11.8 Å². The smallest absolute Gasteiger partial charge is 0.306 e. The summed E-state index contributed by atoms with van der Waals surface area (Å²) in [6.45, 7) is 1.89. The van der Waals surface area contributed by atoms with Crippen LogP contribution in [0.1, 0.15) is 32.6 Å². The van der Waals surface area contributed by atoms with Gasteiger partial charge in [-0.15, -0.1) is 0 Å². The topological polar surface area (TPSA) is 63.6 Å². The van der Waals surface area contributed by atoms with Crippen LogP contribution >= 0.6 is 0 Å². The van der Waals surface area contributed by atoms with Crippen LogP contribution in [0, 0.1) is 0 Å². The van der Waals surface area contributed by atoms with Crippen LogP contribution in [0.3, 0.4) is 0 Å². The maximum absolute atomic E-state index is 10.9. The minimum Gasteiger partial charge on any atom is -0.466 e. The molecule has 0 rings (SSSR count). The number of aliphatic hydroxyl groups is 1. The van der Waals surface area contributed by atoms with Gasteiger partial charge in [0.05, 0.1) is 13.0 Å². The van der Waals surface area contributed by atoms with Gasteiger partial charge in [0.25, 0.3) is 0 Å². The van der Waals surface area contributed by atoms with Crippen molar-refractivity contribution in [2.75, 3.05) is 13.2 Å². The van der Waals surface area contributed by atoms with E-state index >= 15 is 0 Å². The normalized spacial score (nSPS) is 9.69. The summed E-state index contributed by atoms with van der Waals surface area (Å²) >= 11 is 0. The summed E-state index contributed by atoms with van der Waals surface area (Å²) in [6, 6.07) is 0. The molecule has 0 fully saturated rings. The molecule has 0 unspecified atom stereocenters. The summed E-state index contributed by atoms with van der Waals surface area (Å²) in [6.07, 6.45) is 1.72. The highest BCUT2D eigenvalue weighted by atomic mass is 16.5. The van der Waals surface area contributed by atoms with Crippen LogP contribution in [0.2, 0.25) is 0 Å². The average Bonchev–Trinajstić information content (AvgIpc) is 2.09. The number of ether oxygens (including phenoxy) is 1. The van der Waals surface area contributed by atoms with Crippen LogP contribution in [-0.4, -0.2) is 30.1 Å². The van der Waals surface area contributed by atoms with E-state index in [9.17, 15) is 9.59 Å². The molecule has 0 amide bonds. The van der Waals surface area contributed by atoms with Crippen LogP contribution in [0.4, 0.5) is 0 Å². The molecule has 0 saturated carbocycles. The molecule has 0 radical (unpaired) electrons. The van der Waals surface area contributed by atoms with Gasteiger partial charge in [0.15, 0.2) is 0 Å². The van der Waals surface area contributed by atoms with Gasteiger partial charge >= 0.3 is 5.97 Å². The number of unbranched alkanes of at least 4 members (excludes halogenated alkanes) is 1. The molecule has 0 aliphatic heterocycles. The summed E-state index contributed by atoms with van der Waals surface area (Å²) in [4.78, 5) is 21.4. The molecule has 0 aromatic carbocycles. The maximum Gasteiger partial charge on any atom is 0.306 e. The van der Waals surface area contributed by atoms with Gasteiger partial charge in [-0.3, -0.25) is 4.79 Å². The second-order valence-corrected chi connectivity index (χ2v) is 2.85. The van der Waals surface area contributed by atoms with E-state index in [-0.39, 0.29) is 31.2 Å². The lowest BCUT2D eigenvalue weighted by molar-refractivity contribution is -0.144. The Morgan fingerprint density at radius 2 is 1.92 bits per heavy atom. The third-order valence-electron chi connectivity index (χ3n) is 1.50. The number of carbonyl (C=O) groups excluding carboxylic acids is 2. The summed E-state index contributed by atoms with van der Waals surface area (Å²) in [5.74, 6) is -0.347. The first-order valence-electron chi connectivity index (χ1n) is 4.42. The number of aliphatic hydroxyl groups excluding tert-OH is 1. The lowest BCUT2D eigenvalue weighted by atomic mass is 10.2. The first-order valence-corrected chi connectivity index (χ1v) is 4.42. The molecule has 0 heterocycles. The molecule has 4 heteroatoms. The maximum atomic E-state index is 10.9. The largest absolute Gasteiger partial charge is 0.466 e. The average molecular weight is 188 g/mol. The fourth-order valence-corrected chi connectivity index (χ4v) is 0.750. The van der Waals surface area contributed by atoms with Gasteiger partial charge in [-0.1, -0.05) is 0 Å². The third-order valence-corrected chi connectivity index (χ3v) is 1.50. The van der Waals surface area contributed by atoms with Gasteiger partial charge < -0.3 is 14.6 Å². The van der Waals surface area contributed by atoms with Crippen molar-refractivity contribution in [2.24, 2.45) is 0 Å². The Labute approximate surface area is 77.9 Å². The van der Waals surface area contributed by atoms with Crippen LogP contribution in [-0.2, 0) is 14.3 Å². The Kier molecular flexibility index (Phi) is 7.20. The molecule has 0 bridgehead atoms. The predicted molar refractivity (Wildman–Crippen MR) is 47.2 cm³/mol. The van der Waals surface area contributed by atoms with Crippen LogP contribution < -0.4 is 0 Å². The second kappa shape index (κ2) is 7.73. The highest BCUT2D eigenvalue weighted by molar-refractivity contribution is 5.80.